The van der Waals surface area contributed by atoms with E-state index in [1.165, 1.54) is 5.56 Å². The zero-order valence-electron chi connectivity index (χ0n) is 13.9. The average molecular weight is 313 g/mol. The first kappa shape index (κ1) is 14.5. The second-order valence-electron chi connectivity index (χ2n) is 6.19. The molecule has 2 aromatic heterocycles. The van der Waals surface area contributed by atoms with Crippen LogP contribution < -0.4 is 4.57 Å². The number of rotatable bonds is 1. The molecule has 0 radical (unpaired) electrons. The Morgan fingerprint density at radius 3 is 2.62 bits per heavy atom. The van der Waals surface area contributed by atoms with Crippen molar-refractivity contribution in [3.05, 3.63) is 65.4 Å². The van der Waals surface area contributed by atoms with Gasteiger partial charge in [0, 0.05) is 28.5 Å². The van der Waals surface area contributed by atoms with E-state index in [-0.39, 0.29) is 0 Å². The van der Waals surface area contributed by atoms with Crippen LogP contribution in [-0.2, 0) is 7.05 Å². The highest BCUT2D eigenvalue weighted by atomic mass is 16.3. The van der Waals surface area contributed by atoms with Crippen LogP contribution in [0.15, 0.2) is 53.1 Å². The lowest BCUT2D eigenvalue weighted by Crippen LogP contribution is -2.30. The lowest BCUT2D eigenvalue weighted by molar-refractivity contribution is -0.660. The van der Waals surface area contributed by atoms with Crippen molar-refractivity contribution < 1.29 is 8.98 Å². The summed E-state index contributed by atoms with van der Waals surface area (Å²) in [5.74, 6) is 0. The summed E-state index contributed by atoms with van der Waals surface area (Å²) in [6.45, 7) is 4.06. The van der Waals surface area contributed by atoms with Gasteiger partial charge in [-0.1, -0.05) is 0 Å². The van der Waals surface area contributed by atoms with E-state index in [9.17, 15) is 5.26 Å². The van der Waals surface area contributed by atoms with Crippen LogP contribution in [0.2, 0.25) is 0 Å². The van der Waals surface area contributed by atoms with Crippen molar-refractivity contribution in [3.63, 3.8) is 0 Å². The Morgan fingerprint density at radius 1 is 1.04 bits per heavy atom. The van der Waals surface area contributed by atoms with Gasteiger partial charge in [-0.05, 0) is 49.7 Å². The number of aryl methyl sites for hydroxylation is 3. The van der Waals surface area contributed by atoms with Gasteiger partial charge in [0.25, 0.3) is 0 Å². The fourth-order valence-electron chi connectivity index (χ4n) is 3.33. The molecule has 0 bridgehead atoms. The minimum Gasteiger partial charge on any atom is -0.456 e. The molecule has 3 heteroatoms. The van der Waals surface area contributed by atoms with Crippen molar-refractivity contribution in [1.82, 2.24) is 0 Å². The zero-order chi connectivity index (χ0) is 16.8. The van der Waals surface area contributed by atoms with Gasteiger partial charge in [-0.3, -0.25) is 0 Å². The Hall–Kier alpha value is -3.12. The Bertz CT molecular complexity index is 1150. The molecular formula is C21H17N2O+. The van der Waals surface area contributed by atoms with E-state index in [4.69, 9.17) is 4.42 Å². The molecule has 4 aromatic rings. The number of hydrogen-bond donors (Lipinski definition) is 0. The third-order valence-corrected chi connectivity index (χ3v) is 4.69. The summed E-state index contributed by atoms with van der Waals surface area (Å²) < 4.78 is 8.23. The number of nitrogens with zero attached hydrogens (tertiary/aromatic N) is 2. The molecule has 0 spiro atoms. The van der Waals surface area contributed by atoms with Crippen molar-refractivity contribution in [2.45, 2.75) is 13.8 Å². The predicted octanol–water partition coefficient (Wildman–Crippen LogP) is 4.57. The van der Waals surface area contributed by atoms with Gasteiger partial charge in [-0.2, -0.15) is 5.26 Å². The summed E-state index contributed by atoms with van der Waals surface area (Å²) in [7, 11) is 2.04. The standard InChI is InChI=1S/C21H17N2O/c1-13-10-18-16-8-7-15(12-22)14(2)21(16)24-20(18)11-17(13)19-6-4-5-9-23(19)3/h4-11H,1-3H3/q+1. The first-order valence-electron chi connectivity index (χ1n) is 7.91. The van der Waals surface area contributed by atoms with Crippen LogP contribution in [0, 0.1) is 25.2 Å². The molecule has 0 atom stereocenters. The molecule has 24 heavy (non-hydrogen) atoms. The minimum atomic E-state index is 0.660. The van der Waals surface area contributed by atoms with Gasteiger partial charge in [-0.15, -0.1) is 0 Å². The highest BCUT2D eigenvalue weighted by molar-refractivity contribution is 6.07. The van der Waals surface area contributed by atoms with Crippen molar-refractivity contribution in [1.29, 1.82) is 5.26 Å². The molecule has 0 unspecified atom stereocenters. The van der Waals surface area contributed by atoms with Crippen molar-refractivity contribution in [2.24, 2.45) is 7.05 Å². The van der Waals surface area contributed by atoms with Gasteiger partial charge in [0.05, 0.1) is 17.2 Å². The highest BCUT2D eigenvalue weighted by Gasteiger charge is 2.17. The Kier molecular flexibility index (Phi) is 3.14. The van der Waals surface area contributed by atoms with Crippen molar-refractivity contribution >= 4 is 21.9 Å². The van der Waals surface area contributed by atoms with E-state index < -0.39 is 0 Å². The second-order valence-corrected chi connectivity index (χ2v) is 6.19. The average Bonchev–Trinajstić information content (AvgIpc) is 2.94. The van der Waals surface area contributed by atoms with E-state index in [2.05, 4.69) is 35.8 Å². The Balaban J connectivity index is 2.06. The van der Waals surface area contributed by atoms with E-state index >= 15 is 0 Å². The van der Waals surface area contributed by atoms with E-state index in [0.29, 0.717) is 5.56 Å². The number of nitriles is 1. The highest BCUT2D eigenvalue weighted by Crippen LogP contribution is 2.35. The van der Waals surface area contributed by atoms with Crippen molar-refractivity contribution in [2.75, 3.05) is 0 Å². The molecule has 0 aliphatic heterocycles. The van der Waals surface area contributed by atoms with Crippen LogP contribution in [0.1, 0.15) is 16.7 Å². The largest absolute Gasteiger partial charge is 0.456 e. The smallest absolute Gasteiger partial charge is 0.212 e. The molecule has 116 valence electrons. The van der Waals surface area contributed by atoms with Crippen LogP contribution in [0.4, 0.5) is 0 Å². The predicted molar refractivity (Wildman–Crippen MR) is 94.5 cm³/mol. The monoisotopic (exact) mass is 313 g/mol. The molecule has 2 heterocycles. The van der Waals surface area contributed by atoms with E-state index in [1.807, 2.05) is 44.4 Å². The van der Waals surface area contributed by atoms with Gasteiger partial charge in [0.2, 0.25) is 5.69 Å². The Labute approximate surface area is 140 Å². The summed E-state index contributed by atoms with van der Waals surface area (Å²) in [6.07, 6.45) is 2.04. The minimum absolute atomic E-state index is 0.660. The SMILES string of the molecule is Cc1cc2c(cc1-c1cccc[n+]1C)oc1c(C)c(C#N)ccc12. The normalized spacial score (nSPS) is 11.1. The van der Waals surface area contributed by atoms with Crippen LogP contribution >= 0.6 is 0 Å². The summed E-state index contributed by atoms with van der Waals surface area (Å²) in [5, 5.41) is 11.4. The van der Waals surface area contributed by atoms with Gasteiger partial charge in [0.1, 0.15) is 18.2 Å². The van der Waals surface area contributed by atoms with Crippen LogP contribution in [0.5, 0.6) is 0 Å². The number of benzene rings is 2. The van der Waals surface area contributed by atoms with Crippen LogP contribution in [0.3, 0.4) is 0 Å². The molecule has 4 rings (SSSR count). The lowest BCUT2D eigenvalue weighted by Gasteiger charge is -2.04. The summed E-state index contributed by atoms with van der Waals surface area (Å²) >= 11 is 0. The molecule has 3 nitrogen and oxygen atoms in total. The first-order chi connectivity index (χ1) is 11.6. The van der Waals surface area contributed by atoms with Gasteiger partial charge >= 0.3 is 0 Å². The van der Waals surface area contributed by atoms with E-state index in [1.54, 1.807) is 0 Å². The first-order valence-corrected chi connectivity index (χ1v) is 7.91. The summed E-state index contributed by atoms with van der Waals surface area (Å²) in [5.41, 5.74) is 6.72. The summed E-state index contributed by atoms with van der Waals surface area (Å²) in [6, 6.07) is 16.5. The fourth-order valence-corrected chi connectivity index (χ4v) is 3.33. The maximum Gasteiger partial charge on any atom is 0.212 e. The lowest BCUT2D eigenvalue weighted by atomic mass is 10.00. The topological polar surface area (TPSA) is 40.8 Å². The fraction of sp³-hybridized carbons (Fsp3) is 0.143. The second kappa shape index (κ2) is 5.21. The molecule has 0 amide bonds. The molecule has 0 N–H and O–H groups in total. The quantitative estimate of drug-likeness (QED) is 0.483. The van der Waals surface area contributed by atoms with E-state index in [0.717, 1.165) is 38.8 Å². The number of hydrogen-bond acceptors (Lipinski definition) is 2. The van der Waals surface area contributed by atoms with Crippen molar-refractivity contribution in [3.8, 4) is 17.3 Å². The number of aromatic nitrogens is 1. The van der Waals surface area contributed by atoms with Gasteiger partial charge in [0.15, 0.2) is 6.20 Å². The molecule has 0 aliphatic rings. The zero-order valence-corrected chi connectivity index (χ0v) is 13.9. The Morgan fingerprint density at radius 2 is 1.88 bits per heavy atom. The number of fused-ring (bicyclic) bond motifs is 3. The third-order valence-electron chi connectivity index (χ3n) is 4.69. The molecule has 2 aromatic carbocycles. The molecule has 0 fully saturated rings. The van der Waals surface area contributed by atoms with Crippen LogP contribution in [0.25, 0.3) is 33.2 Å². The van der Waals surface area contributed by atoms with Gasteiger partial charge in [-0.25, -0.2) is 4.57 Å². The molecule has 0 saturated heterocycles. The number of furan rings is 1. The molecule has 0 saturated carbocycles. The van der Waals surface area contributed by atoms with Crippen LogP contribution in [-0.4, -0.2) is 0 Å². The maximum absolute atomic E-state index is 9.23. The number of pyridine rings is 1. The molecule has 0 aliphatic carbocycles. The third kappa shape index (κ3) is 2.00. The maximum atomic E-state index is 9.23. The van der Waals surface area contributed by atoms with Gasteiger partial charge < -0.3 is 4.42 Å². The molecular weight excluding hydrogens is 296 g/mol. The summed E-state index contributed by atoms with van der Waals surface area (Å²) in [4.78, 5) is 0.